The third kappa shape index (κ3) is 3.26. The topological polar surface area (TPSA) is 73.8 Å². The lowest BCUT2D eigenvalue weighted by Gasteiger charge is -2.08. The molecule has 1 heterocycles. The summed E-state index contributed by atoms with van der Waals surface area (Å²) in [6, 6.07) is 0. The Morgan fingerprint density at radius 1 is 1.33 bits per heavy atom. The van der Waals surface area contributed by atoms with E-state index in [-0.39, 0.29) is 5.78 Å². The summed E-state index contributed by atoms with van der Waals surface area (Å²) >= 11 is 0. The van der Waals surface area contributed by atoms with Gasteiger partial charge in [-0.2, -0.15) is 0 Å². The molecular weight excluding hydrogens is 228 g/mol. The van der Waals surface area contributed by atoms with Crippen LogP contribution in [0.5, 0.6) is 0 Å². The third-order valence-corrected chi connectivity index (χ3v) is 3.21. The first-order chi connectivity index (χ1) is 8.81. The molecule has 0 spiro atoms. The van der Waals surface area contributed by atoms with E-state index < -0.39 is 0 Å². The second kappa shape index (κ2) is 6.44. The van der Waals surface area contributed by atoms with Gasteiger partial charge in [-0.3, -0.25) is 9.48 Å². The van der Waals surface area contributed by atoms with Gasteiger partial charge in [0.2, 0.25) is 5.78 Å². The van der Waals surface area contributed by atoms with Crippen LogP contribution in [0.4, 0.5) is 0 Å². The number of aromatic nitrogens is 3. The summed E-state index contributed by atoms with van der Waals surface area (Å²) in [4.78, 5) is 12.3. The normalized spacial score (nSPS) is 19.7. The molecule has 2 rings (SSSR count). The highest BCUT2D eigenvalue weighted by Crippen LogP contribution is 2.19. The maximum Gasteiger partial charge on any atom is 0.210 e. The molecule has 5 heteroatoms. The number of allylic oxidation sites excluding steroid dienone is 2. The Morgan fingerprint density at radius 3 is 3.00 bits per heavy atom. The molecular formula is C13H20N4O. The zero-order valence-electron chi connectivity index (χ0n) is 10.6. The molecule has 2 N–H and O–H groups in total. The Morgan fingerprint density at radius 2 is 2.17 bits per heavy atom. The summed E-state index contributed by atoms with van der Waals surface area (Å²) in [7, 11) is 0. The van der Waals surface area contributed by atoms with E-state index in [1.807, 2.05) is 0 Å². The molecule has 0 aromatic carbocycles. The number of carbonyl (C=O) groups excluding carboxylic acids is 1. The Balaban J connectivity index is 2.08. The van der Waals surface area contributed by atoms with E-state index in [1.54, 1.807) is 10.9 Å². The molecule has 0 aliphatic heterocycles. The average Bonchev–Trinajstić information content (AvgIpc) is 2.77. The van der Waals surface area contributed by atoms with E-state index in [4.69, 9.17) is 5.73 Å². The van der Waals surface area contributed by atoms with E-state index >= 15 is 0 Å². The highest BCUT2D eigenvalue weighted by Gasteiger charge is 2.16. The zero-order valence-corrected chi connectivity index (χ0v) is 10.6. The van der Waals surface area contributed by atoms with Crippen molar-refractivity contribution in [3.05, 3.63) is 23.5 Å². The smallest absolute Gasteiger partial charge is 0.210 e. The van der Waals surface area contributed by atoms with Crippen molar-refractivity contribution in [2.24, 2.45) is 5.73 Å². The number of Topliss-reactive ketones (excluding diaryl/α,β-unsaturated/α-hetero) is 1. The van der Waals surface area contributed by atoms with Crippen molar-refractivity contribution in [1.29, 1.82) is 0 Å². The molecule has 1 aliphatic carbocycles. The van der Waals surface area contributed by atoms with E-state index in [0.717, 1.165) is 24.8 Å². The summed E-state index contributed by atoms with van der Waals surface area (Å²) in [6.07, 6.45) is 10.4. The molecule has 0 radical (unpaired) electrons. The van der Waals surface area contributed by atoms with E-state index in [9.17, 15) is 4.79 Å². The van der Waals surface area contributed by atoms with E-state index in [0.29, 0.717) is 18.8 Å². The van der Waals surface area contributed by atoms with Crippen molar-refractivity contribution in [1.82, 2.24) is 15.0 Å². The highest BCUT2D eigenvalue weighted by atomic mass is 16.1. The maximum absolute atomic E-state index is 12.3. The molecule has 0 saturated carbocycles. The number of hydrogen-bond acceptors (Lipinski definition) is 4. The molecule has 1 aromatic heterocycles. The number of rotatable bonds is 4. The van der Waals surface area contributed by atoms with Crippen LogP contribution in [0.25, 0.3) is 0 Å². The Bertz CT molecular complexity index is 436. The summed E-state index contributed by atoms with van der Waals surface area (Å²) in [5.41, 5.74) is 6.78. The first-order valence-electron chi connectivity index (χ1n) is 6.65. The fourth-order valence-corrected chi connectivity index (χ4v) is 2.21. The molecule has 0 amide bonds. The van der Waals surface area contributed by atoms with Gasteiger partial charge in [0.05, 0.1) is 12.7 Å². The lowest BCUT2D eigenvalue weighted by Crippen LogP contribution is -2.10. The highest BCUT2D eigenvalue weighted by molar-refractivity contribution is 6.07. The molecule has 0 fully saturated rings. The van der Waals surface area contributed by atoms with Gasteiger partial charge in [0.1, 0.15) is 0 Å². The minimum absolute atomic E-state index is 0.0279. The monoisotopic (exact) mass is 248 g/mol. The van der Waals surface area contributed by atoms with Crippen molar-refractivity contribution < 1.29 is 4.79 Å². The van der Waals surface area contributed by atoms with Crippen molar-refractivity contribution >= 4 is 5.78 Å². The van der Waals surface area contributed by atoms with Crippen molar-refractivity contribution in [3.63, 3.8) is 0 Å². The van der Waals surface area contributed by atoms with Crippen LogP contribution < -0.4 is 5.73 Å². The second-order valence-electron chi connectivity index (χ2n) is 4.67. The van der Waals surface area contributed by atoms with E-state index in [1.165, 1.54) is 19.3 Å². The molecule has 0 saturated heterocycles. The second-order valence-corrected chi connectivity index (χ2v) is 4.67. The minimum atomic E-state index is 0.0279. The summed E-state index contributed by atoms with van der Waals surface area (Å²) in [5, 5.41) is 7.83. The number of nitrogens with two attached hydrogens (primary N) is 1. The number of hydrogen-bond donors (Lipinski definition) is 1. The molecule has 5 nitrogen and oxygen atoms in total. The predicted molar refractivity (Wildman–Crippen MR) is 69.2 cm³/mol. The van der Waals surface area contributed by atoms with Crippen molar-refractivity contribution in [2.45, 2.75) is 45.1 Å². The molecule has 0 unspecified atom stereocenters. The lowest BCUT2D eigenvalue weighted by molar-refractivity contribution is 0.102. The lowest BCUT2D eigenvalue weighted by atomic mass is 9.96. The van der Waals surface area contributed by atoms with Gasteiger partial charge < -0.3 is 5.73 Å². The average molecular weight is 248 g/mol. The van der Waals surface area contributed by atoms with Crippen LogP contribution in [-0.2, 0) is 6.54 Å². The van der Waals surface area contributed by atoms with E-state index in [2.05, 4.69) is 16.4 Å². The van der Waals surface area contributed by atoms with Crippen molar-refractivity contribution in [2.75, 3.05) is 6.54 Å². The van der Waals surface area contributed by atoms with Crippen LogP contribution in [0, 0.1) is 0 Å². The van der Waals surface area contributed by atoms with Gasteiger partial charge in [-0.15, -0.1) is 5.10 Å². The maximum atomic E-state index is 12.3. The largest absolute Gasteiger partial charge is 0.329 e. The quantitative estimate of drug-likeness (QED) is 0.823. The van der Waals surface area contributed by atoms with Crippen LogP contribution in [0.15, 0.2) is 17.8 Å². The van der Waals surface area contributed by atoms with Gasteiger partial charge in [-0.05, 0) is 31.3 Å². The predicted octanol–water partition coefficient (Wildman–Crippen LogP) is 1.70. The SMILES string of the molecule is NCCn1cc(C(=O)/C2=C/CCCCCC2)nn1. The minimum Gasteiger partial charge on any atom is -0.329 e. The Hall–Kier alpha value is -1.49. The molecule has 1 aromatic rings. The molecule has 18 heavy (non-hydrogen) atoms. The third-order valence-electron chi connectivity index (χ3n) is 3.21. The van der Waals surface area contributed by atoms with Crippen LogP contribution >= 0.6 is 0 Å². The van der Waals surface area contributed by atoms with Gasteiger partial charge >= 0.3 is 0 Å². The van der Waals surface area contributed by atoms with Gasteiger partial charge in [0, 0.05) is 6.54 Å². The van der Waals surface area contributed by atoms with Crippen LogP contribution in [0.1, 0.15) is 49.0 Å². The first kappa shape index (κ1) is 13.0. The van der Waals surface area contributed by atoms with Gasteiger partial charge in [-0.25, -0.2) is 0 Å². The molecule has 0 atom stereocenters. The molecule has 98 valence electrons. The van der Waals surface area contributed by atoms with Gasteiger partial charge in [0.15, 0.2) is 5.69 Å². The number of carbonyl (C=O) groups is 1. The fraction of sp³-hybridized carbons (Fsp3) is 0.615. The first-order valence-corrected chi connectivity index (χ1v) is 6.65. The fourth-order valence-electron chi connectivity index (χ4n) is 2.21. The summed E-state index contributed by atoms with van der Waals surface area (Å²) < 4.78 is 1.62. The van der Waals surface area contributed by atoms with Crippen LogP contribution in [0.2, 0.25) is 0 Å². The zero-order chi connectivity index (χ0) is 12.8. The van der Waals surface area contributed by atoms with Gasteiger partial charge in [-0.1, -0.05) is 24.1 Å². The standard InChI is InChI=1S/C13H20N4O/c14-8-9-17-10-12(15-16-17)13(18)11-6-4-2-1-3-5-7-11/h6,10H,1-5,7-9,14H2/b11-6+. The van der Waals surface area contributed by atoms with Gasteiger partial charge in [0.25, 0.3) is 0 Å². The Labute approximate surface area is 107 Å². The molecule has 1 aliphatic rings. The summed E-state index contributed by atoms with van der Waals surface area (Å²) in [5.74, 6) is 0.0279. The van der Waals surface area contributed by atoms with Crippen molar-refractivity contribution in [3.8, 4) is 0 Å². The summed E-state index contributed by atoms with van der Waals surface area (Å²) in [6.45, 7) is 1.10. The van der Waals surface area contributed by atoms with Crippen LogP contribution in [0.3, 0.4) is 0 Å². The Kier molecular flexibility index (Phi) is 4.64. The molecule has 0 bridgehead atoms. The number of nitrogens with zero attached hydrogens (tertiary/aromatic N) is 3. The van der Waals surface area contributed by atoms with Crippen LogP contribution in [-0.4, -0.2) is 27.3 Å². The number of ketones is 1.